The van der Waals surface area contributed by atoms with E-state index in [1.807, 2.05) is 6.92 Å². The number of aromatic nitrogens is 4. The minimum atomic E-state index is -0.449. The number of rotatable bonds is 5. The molecule has 8 nitrogen and oxygen atoms in total. The molecule has 1 fully saturated rings. The Balaban J connectivity index is 0.00000196. The Kier molecular flexibility index (Phi) is 5.16. The van der Waals surface area contributed by atoms with Gasteiger partial charge in [-0.25, -0.2) is 4.98 Å². The van der Waals surface area contributed by atoms with Crippen molar-refractivity contribution in [3.63, 3.8) is 0 Å². The van der Waals surface area contributed by atoms with Crippen molar-refractivity contribution in [2.24, 2.45) is 5.73 Å². The van der Waals surface area contributed by atoms with Crippen molar-refractivity contribution in [1.29, 1.82) is 0 Å². The molecule has 0 aliphatic heterocycles. The number of thiophene rings is 1. The molecule has 3 aromatic rings. The topological polar surface area (TPSA) is 109 Å². The first-order valence-electron chi connectivity index (χ1n) is 8.02. The van der Waals surface area contributed by atoms with Gasteiger partial charge in [0.1, 0.15) is 11.4 Å². The average molecular weight is 398 g/mol. The van der Waals surface area contributed by atoms with Crippen LogP contribution in [0.1, 0.15) is 36.5 Å². The largest absolute Gasteiger partial charge is 0.480 e. The van der Waals surface area contributed by atoms with E-state index in [2.05, 4.69) is 20.1 Å². The van der Waals surface area contributed by atoms with Gasteiger partial charge in [0.05, 0.1) is 22.9 Å². The van der Waals surface area contributed by atoms with E-state index in [-0.39, 0.29) is 12.4 Å². The Labute approximate surface area is 160 Å². The molecule has 1 aliphatic rings. The molecule has 3 heterocycles. The van der Waals surface area contributed by atoms with Gasteiger partial charge in [-0.05, 0) is 31.7 Å². The highest BCUT2D eigenvalue weighted by Crippen LogP contribution is 2.42. The standard InChI is InChI=1S/C16H19N5O3S.ClH/c1-8-10-12(23-3)18-9(7-22-2)19-14(10)25-11(8)13-20-15(21-24-13)16(17)5-4-6-16;/h4-7,17H2,1-3H3;1H. The molecule has 1 aliphatic carbocycles. The van der Waals surface area contributed by atoms with Crippen LogP contribution in [0.4, 0.5) is 0 Å². The van der Waals surface area contributed by atoms with Gasteiger partial charge in [-0.1, -0.05) is 5.16 Å². The summed E-state index contributed by atoms with van der Waals surface area (Å²) in [6.07, 6.45) is 2.87. The van der Waals surface area contributed by atoms with Crippen LogP contribution in [-0.2, 0) is 16.9 Å². The third-order valence-electron chi connectivity index (χ3n) is 4.58. The minimum absolute atomic E-state index is 0. The zero-order valence-corrected chi connectivity index (χ0v) is 16.4. The lowest BCUT2D eigenvalue weighted by atomic mass is 9.77. The molecule has 26 heavy (non-hydrogen) atoms. The van der Waals surface area contributed by atoms with Crippen molar-refractivity contribution >= 4 is 34.0 Å². The van der Waals surface area contributed by atoms with E-state index >= 15 is 0 Å². The van der Waals surface area contributed by atoms with Crippen molar-refractivity contribution in [3.8, 4) is 16.6 Å². The summed E-state index contributed by atoms with van der Waals surface area (Å²) >= 11 is 1.47. The molecule has 1 saturated carbocycles. The molecule has 0 atom stereocenters. The fourth-order valence-electron chi connectivity index (χ4n) is 2.99. The fourth-order valence-corrected chi connectivity index (χ4v) is 4.10. The number of nitrogens with zero attached hydrogens (tertiary/aromatic N) is 4. The molecule has 3 aromatic heterocycles. The Morgan fingerprint density at radius 2 is 2.00 bits per heavy atom. The Hall–Kier alpha value is -1.81. The summed E-state index contributed by atoms with van der Waals surface area (Å²) < 4.78 is 16.1. The predicted molar refractivity (Wildman–Crippen MR) is 99.7 cm³/mol. The molecule has 0 aromatic carbocycles. The minimum Gasteiger partial charge on any atom is -0.480 e. The number of nitrogens with two attached hydrogens (primary N) is 1. The van der Waals surface area contributed by atoms with E-state index in [1.165, 1.54) is 11.3 Å². The maximum absolute atomic E-state index is 6.29. The summed E-state index contributed by atoms with van der Waals surface area (Å²) in [5.74, 6) is 2.12. The van der Waals surface area contributed by atoms with Crippen LogP contribution in [-0.4, -0.2) is 34.3 Å². The first-order valence-corrected chi connectivity index (χ1v) is 8.84. The number of ether oxygens (including phenoxy) is 2. The molecular weight excluding hydrogens is 378 g/mol. The summed E-state index contributed by atoms with van der Waals surface area (Å²) in [5, 5.41) is 4.95. The molecule has 10 heteroatoms. The zero-order chi connectivity index (χ0) is 17.6. The lowest BCUT2D eigenvalue weighted by molar-refractivity contribution is 0.177. The van der Waals surface area contributed by atoms with Gasteiger partial charge in [0.25, 0.3) is 5.89 Å². The van der Waals surface area contributed by atoms with Gasteiger partial charge < -0.3 is 19.7 Å². The van der Waals surface area contributed by atoms with Gasteiger partial charge >= 0.3 is 0 Å². The molecular formula is C16H20ClN5O3S. The molecule has 0 radical (unpaired) electrons. The van der Waals surface area contributed by atoms with Crippen LogP contribution in [0.2, 0.25) is 0 Å². The SMILES string of the molecule is COCc1nc(OC)c2c(C)c(-c3nc(C4(N)CCC4)no3)sc2n1.Cl. The first kappa shape index (κ1) is 19.0. The van der Waals surface area contributed by atoms with Gasteiger partial charge in [0.15, 0.2) is 11.6 Å². The number of hydrogen-bond acceptors (Lipinski definition) is 9. The monoisotopic (exact) mass is 397 g/mol. The van der Waals surface area contributed by atoms with Crippen molar-refractivity contribution in [2.45, 2.75) is 38.3 Å². The maximum Gasteiger partial charge on any atom is 0.268 e. The third-order valence-corrected chi connectivity index (χ3v) is 5.76. The van der Waals surface area contributed by atoms with E-state index in [1.54, 1.807) is 14.2 Å². The summed E-state index contributed by atoms with van der Waals surface area (Å²) in [5.41, 5.74) is 6.80. The lowest BCUT2D eigenvalue weighted by Crippen LogP contribution is -2.44. The third kappa shape index (κ3) is 2.94. The molecule has 4 rings (SSSR count). The van der Waals surface area contributed by atoms with Crippen LogP contribution in [0.15, 0.2) is 4.52 Å². The zero-order valence-electron chi connectivity index (χ0n) is 14.7. The molecule has 140 valence electrons. The normalized spacial score (nSPS) is 15.5. The van der Waals surface area contributed by atoms with E-state index < -0.39 is 5.54 Å². The number of methoxy groups -OCH3 is 2. The first-order chi connectivity index (χ1) is 12.1. The van der Waals surface area contributed by atoms with Crippen LogP contribution >= 0.6 is 23.7 Å². The summed E-state index contributed by atoms with van der Waals surface area (Å²) in [6.45, 7) is 2.29. The van der Waals surface area contributed by atoms with E-state index in [9.17, 15) is 0 Å². The van der Waals surface area contributed by atoms with Crippen LogP contribution in [0.5, 0.6) is 5.88 Å². The van der Waals surface area contributed by atoms with Crippen LogP contribution < -0.4 is 10.5 Å². The molecule has 2 N–H and O–H groups in total. The van der Waals surface area contributed by atoms with Crippen molar-refractivity contribution in [3.05, 3.63) is 17.2 Å². The van der Waals surface area contributed by atoms with Gasteiger partial charge in [-0.15, -0.1) is 23.7 Å². The summed E-state index contributed by atoms with van der Waals surface area (Å²) in [7, 11) is 3.20. The summed E-state index contributed by atoms with van der Waals surface area (Å²) in [4.78, 5) is 15.2. The molecule has 0 unspecified atom stereocenters. The lowest BCUT2D eigenvalue weighted by Gasteiger charge is -2.34. The quantitative estimate of drug-likeness (QED) is 0.699. The second-order valence-electron chi connectivity index (χ2n) is 6.25. The van der Waals surface area contributed by atoms with Gasteiger partial charge in [-0.2, -0.15) is 9.97 Å². The van der Waals surface area contributed by atoms with E-state index in [0.29, 0.717) is 30.0 Å². The van der Waals surface area contributed by atoms with Gasteiger partial charge in [-0.3, -0.25) is 0 Å². The van der Waals surface area contributed by atoms with Crippen molar-refractivity contribution < 1.29 is 14.0 Å². The van der Waals surface area contributed by atoms with Crippen LogP contribution in [0, 0.1) is 6.92 Å². The smallest absolute Gasteiger partial charge is 0.268 e. The predicted octanol–water partition coefficient (Wildman–Crippen LogP) is 2.96. The Morgan fingerprint density at radius 3 is 2.62 bits per heavy atom. The molecule has 0 amide bonds. The van der Waals surface area contributed by atoms with E-state index in [4.69, 9.17) is 19.7 Å². The van der Waals surface area contributed by atoms with Crippen LogP contribution in [0.3, 0.4) is 0 Å². The average Bonchev–Trinajstić information content (AvgIpc) is 3.18. The Morgan fingerprint density at radius 1 is 1.23 bits per heavy atom. The van der Waals surface area contributed by atoms with Crippen molar-refractivity contribution in [2.75, 3.05) is 14.2 Å². The van der Waals surface area contributed by atoms with E-state index in [0.717, 1.165) is 39.9 Å². The number of fused-ring (bicyclic) bond motifs is 1. The van der Waals surface area contributed by atoms with Gasteiger partial charge in [0.2, 0.25) is 5.88 Å². The van der Waals surface area contributed by atoms with Crippen LogP contribution in [0.25, 0.3) is 21.0 Å². The highest BCUT2D eigenvalue weighted by molar-refractivity contribution is 7.22. The number of halogens is 1. The van der Waals surface area contributed by atoms with Crippen molar-refractivity contribution in [1.82, 2.24) is 20.1 Å². The number of hydrogen-bond donors (Lipinski definition) is 1. The molecule has 0 spiro atoms. The Bertz CT molecular complexity index is 938. The van der Waals surface area contributed by atoms with Gasteiger partial charge in [0, 0.05) is 7.11 Å². The highest BCUT2D eigenvalue weighted by Gasteiger charge is 2.39. The maximum atomic E-state index is 6.29. The second kappa shape index (κ2) is 7.07. The summed E-state index contributed by atoms with van der Waals surface area (Å²) in [6, 6.07) is 0. The molecule has 0 bridgehead atoms. The molecule has 0 saturated heterocycles. The number of aryl methyl sites for hydroxylation is 1. The highest BCUT2D eigenvalue weighted by atomic mass is 35.5. The fraction of sp³-hybridized carbons (Fsp3) is 0.500. The second-order valence-corrected chi connectivity index (χ2v) is 7.25.